The Labute approximate surface area is 184 Å². The molecule has 0 spiro atoms. The summed E-state index contributed by atoms with van der Waals surface area (Å²) in [6.45, 7) is 6.62. The van der Waals surface area contributed by atoms with Gasteiger partial charge in [-0.25, -0.2) is 0 Å². The number of nitrogens with zero attached hydrogens (tertiary/aromatic N) is 2. The topological polar surface area (TPSA) is 80.5 Å². The summed E-state index contributed by atoms with van der Waals surface area (Å²) >= 11 is 0. The molecule has 2 N–H and O–H groups in total. The molecule has 31 heavy (non-hydrogen) atoms. The molecule has 1 aromatic carbocycles. The second-order valence-corrected chi connectivity index (χ2v) is 7.39. The van der Waals surface area contributed by atoms with Crippen LogP contribution in [0.5, 0.6) is 11.5 Å². The summed E-state index contributed by atoms with van der Waals surface area (Å²) in [5.74, 6) is 3.30. The molecule has 0 aliphatic carbocycles. The number of nitrogens with one attached hydrogen (secondary N) is 2. The quantitative estimate of drug-likeness (QED) is 0.322. The van der Waals surface area contributed by atoms with Crippen molar-refractivity contribution in [2.45, 2.75) is 32.4 Å². The fraction of sp³-hybridized carbons (Fsp3) is 0.522. The van der Waals surface area contributed by atoms with Crippen LogP contribution in [0, 0.1) is 0 Å². The molecule has 2 heterocycles. The first-order valence-electron chi connectivity index (χ1n) is 10.8. The largest absolute Gasteiger partial charge is 0.497 e. The lowest BCUT2D eigenvalue weighted by Gasteiger charge is -2.21. The number of methoxy groups -OCH3 is 2. The third-order valence-electron chi connectivity index (χ3n) is 5.12. The van der Waals surface area contributed by atoms with Gasteiger partial charge in [-0.3, -0.25) is 4.99 Å². The van der Waals surface area contributed by atoms with Crippen LogP contribution in [0.3, 0.4) is 0 Å². The van der Waals surface area contributed by atoms with Gasteiger partial charge in [0.1, 0.15) is 23.9 Å². The van der Waals surface area contributed by atoms with Crippen molar-refractivity contribution < 1.29 is 18.6 Å². The van der Waals surface area contributed by atoms with E-state index >= 15 is 0 Å². The molecule has 8 nitrogen and oxygen atoms in total. The average Bonchev–Trinajstić information content (AvgIpc) is 3.48. The van der Waals surface area contributed by atoms with E-state index < -0.39 is 0 Å². The molecular formula is C23H34N4O4. The summed E-state index contributed by atoms with van der Waals surface area (Å²) in [6.07, 6.45) is 3.56. The van der Waals surface area contributed by atoms with Crippen LogP contribution < -0.4 is 25.0 Å². The molecule has 8 heteroatoms. The van der Waals surface area contributed by atoms with Crippen molar-refractivity contribution in [2.24, 2.45) is 4.99 Å². The van der Waals surface area contributed by atoms with Crippen LogP contribution in [-0.4, -0.2) is 59.0 Å². The zero-order chi connectivity index (χ0) is 21.9. The number of anilines is 1. The van der Waals surface area contributed by atoms with Gasteiger partial charge in [0.2, 0.25) is 0 Å². The Balaban J connectivity index is 1.46. The highest BCUT2D eigenvalue weighted by molar-refractivity contribution is 5.80. The van der Waals surface area contributed by atoms with Gasteiger partial charge in [-0.15, -0.1) is 0 Å². The zero-order valence-electron chi connectivity index (χ0n) is 18.7. The number of aliphatic imine (C=N–C) groups is 1. The highest BCUT2D eigenvalue weighted by atomic mass is 16.5. The lowest BCUT2D eigenvalue weighted by molar-refractivity contribution is 0.105. The highest BCUT2D eigenvalue weighted by Gasteiger charge is 2.24. The van der Waals surface area contributed by atoms with Gasteiger partial charge in [-0.1, -0.05) is 0 Å². The molecule has 2 aromatic rings. The van der Waals surface area contributed by atoms with E-state index in [1.165, 1.54) is 0 Å². The van der Waals surface area contributed by atoms with Crippen molar-refractivity contribution in [2.75, 3.05) is 51.9 Å². The van der Waals surface area contributed by atoms with Crippen molar-refractivity contribution >= 4 is 11.6 Å². The summed E-state index contributed by atoms with van der Waals surface area (Å²) in [7, 11) is 3.35. The number of ether oxygens (including phenoxy) is 3. The Bertz CT molecular complexity index is 788. The average molecular weight is 431 g/mol. The minimum atomic E-state index is 0.324. The van der Waals surface area contributed by atoms with Crippen molar-refractivity contribution in [1.82, 2.24) is 10.6 Å². The molecule has 1 saturated heterocycles. The van der Waals surface area contributed by atoms with Crippen LogP contribution in [0.4, 0.5) is 5.69 Å². The van der Waals surface area contributed by atoms with Crippen molar-refractivity contribution in [3.63, 3.8) is 0 Å². The maximum atomic E-state index is 5.62. The minimum absolute atomic E-state index is 0.324. The Morgan fingerprint density at radius 2 is 2.03 bits per heavy atom. The Hall–Kier alpha value is -2.87. The predicted octanol–water partition coefficient (Wildman–Crippen LogP) is 3.04. The van der Waals surface area contributed by atoms with Gasteiger partial charge in [0.05, 0.1) is 20.5 Å². The molecule has 1 unspecified atom stereocenters. The molecule has 1 atom stereocenters. The van der Waals surface area contributed by atoms with Crippen LogP contribution in [0.2, 0.25) is 0 Å². The summed E-state index contributed by atoms with van der Waals surface area (Å²) in [6, 6.07) is 10.1. The molecule has 0 saturated carbocycles. The number of rotatable bonds is 11. The van der Waals surface area contributed by atoms with Crippen LogP contribution in [0.15, 0.2) is 46.0 Å². The van der Waals surface area contributed by atoms with Crippen LogP contribution in [0.25, 0.3) is 0 Å². The Morgan fingerprint density at radius 3 is 2.71 bits per heavy atom. The normalized spacial score (nSPS) is 16.4. The van der Waals surface area contributed by atoms with Crippen molar-refractivity contribution in [3.8, 4) is 11.5 Å². The summed E-state index contributed by atoms with van der Waals surface area (Å²) in [5.41, 5.74) is 1.11. The first-order chi connectivity index (χ1) is 15.2. The summed E-state index contributed by atoms with van der Waals surface area (Å²) in [5, 5.41) is 6.90. The first kappa shape index (κ1) is 22.8. The van der Waals surface area contributed by atoms with E-state index in [1.54, 1.807) is 20.5 Å². The Morgan fingerprint density at radius 1 is 1.23 bits per heavy atom. The van der Waals surface area contributed by atoms with Gasteiger partial charge in [0.25, 0.3) is 0 Å². The third kappa shape index (κ3) is 7.10. The van der Waals surface area contributed by atoms with E-state index in [1.807, 2.05) is 30.3 Å². The van der Waals surface area contributed by atoms with Gasteiger partial charge in [0, 0.05) is 62.7 Å². The monoisotopic (exact) mass is 430 g/mol. The number of guanidine groups is 1. The van der Waals surface area contributed by atoms with Gasteiger partial charge in [0.15, 0.2) is 5.96 Å². The lowest BCUT2D eigenvalue weighted by atomic mass is 10.2. The second-order valence-electron chi connectivity index (χ2n) is 7.39. The second kappa shape index (κ2) is 12.1. The number of hydrogen-bond acceptors (Lipinski definition) is 6. The molecular weight excluding hydrogens is 396 g/mol. The standard InChI is InChI=1S/C23H34N4O4/c1-4-24-23(25-9-6-11-30-17-20-7-5-12-31-20)26-18-8-10-27(16-18)19-13-21(28-2)15-22(14-19)29-3/h5,7,12-15,18H,4,6,8-11,16-17H2,1-3H3,(H2,24,25,26). The fourth-order valence-corrected chi connectivity index (χ4v) is 3.53. The predicted molar refractivity (Wildman–Crippen MR) is 122 cm³/mol. The van der Waals surface area contributed by atoms with E-state index in [0.717, 1.165) is 61.4 Å². The van der Waals surface area contributed by atoms with E-state index in [9.17, 15) is 0 Å². The van der Waals surface area contributed by atoms with E-state index in [0.29, 0.717) is 25.8 Å². The van der Waals surface area contributed by atoms with Crippen molar-refractivity contribution in [1.29, 1.82) is 0 Å². The lowest BCUT2D eigenvalue weighted by Crippen LogP contribution is -2.44. The van der Waals surface area contributed by atoms with Gasteiger partial charge in [-0.05, 0) is 31.9 Å². The molecule has 0 amide bonds. The fourth-order valence-electron chi connectivity index (χ4n) is 3.53. The molecule has 3 rings (SSSR count). The molecule has 1 aromatic heterocycles. The number of furan rings is 1. The van der Waals surface area contributed by atoms with Gasteiger partial charge in [-0.2, -0.15) is 0 Å². The van der Waals surface area contributed by atoms with E-state index in [-0.39, 0.29) is 0 Å². The van der Waals surface area contributed by atoms with Crippen molar-refractivity contribution in [3.05, 3.63) is 42.4 Å². The summed E-state index contributed by atoms with van der Waals surface area (Å²) < 4.78 is 21.7. The highest BCUT2D eigenvalue weighted by Crippen LogP contribution is 2.30. The molecule has 1 aliphatic heterocycles. The SMILES string of the molecule is CCNC(=NCCCOCc1ccco1)NC1CCN(c2cc(OC)cc(OC)c2)C1. The number of hydrogen-bond donors (Lipinski definition) is 2. The number of benzene rings is 1. The van der Waals surface area contributed by atoms with Crippen LogP contribution in [0.1, 0.15) is 25.5 Å². The molecule has 0 bridgehead atoms. The van der Waals surface area contributed by atoms with E-state index in [4.69, 9.17) is 23.6 Å². The zero-order valence-corrected chi connectivity index (χ0v) is 18.7. The molecule has 0 radical (unpaired) electrons. The molecule has 1 aliphatic rings. The van der Waals surface area contributed by atoms with Gasteiger partial charge < -0.3 is 34.2 Å². The summed E-state index contributed by atoms with van der Waals surface area (Å²) in [4.78, 5) is 7.04. The molecule has 170 valence electrons. The van der Waals surface area contributed by atoms with E-state index in [2.05, 4.69) is 22.5 Å². The minimum Gasteiger partial charge on any atom is -0.497 e. The smallest absolute Gasteiger partial charge is 0.191 e. The van der Waals surface area contributed by atoms with Crippen LogP contribution >= 0.6 is 0 Å². The maximum Gasteiger partial charge on any atom is 0.191 e. The maximum absolute atomic E-state index is 5.62. The van der Waals surface area contributed by atoms with Crippen LogP contribution in [-0.2, 0) is 11.3 Å². The molecule has 1 fully saturated rings. The third-order valence-corrected chi connectivity index (χ3v) is 5.12. The first-order valence-corrected chi connectivity index (χ1v) is 10.8. The Kier molecular flexibility index (Phi) is 8.90. The van der Waals surface area contributed by atoms with Gasteiger partial charge >= 0.3 is 0 Å².